The van der Waals surface area contributed by atoms with E-state index in [4.69, 9.17) is 11.6 Å². The molecule has 6 nitrogen and oxygen atoms in total. The van der Waals surface area contributed by atoms with E-state index in [-0.39, 0.29) is 17.4 Å². The fourth-order valence-electron chi connectivity index (χ4n) is 2.68. The summed E-state index contributed by atoms with van der Waals surface area (Å²) in [5, 5.41) is 6.15. The third-order valence-corrected chi connectivity index (χ3v) is 4.29. The minimum Gasteiger partial charge on any atom is -0.351 e. The maximum Gasteiger partial charge on any atom is 0.292 e. The minimum atomic E-state index is -0.417. The Balaban J connectivity index is 1.87. The Morgan fingerprint density at radius 3 is 2.70 bits per heavy atom. The van der Waals surface area contributed by atoms with Crippen LogP contribution in [0.1, 0.15) is 41.4 Å². The van der Waals surface area contributed by atoms with Gasteiger partial charge in [0, 0.05) is 23.5 Å². The van der Waals surface area contributed by atoms with Crippen molar-refractivity contribution in [2.45, 2.75) is 20.3 Å². The number of imidazole rings is 1. The molecule has 3 aromatic rings. The van der Waals surface area contributed by atoms with Crippen molar-refractivity contribution in [1.29, 1.82) is 0 Å². The number of fused-ring (bicyclic) bond motifs is 1. The molecule has 7 heteroatoms. The van der Waals surface area contributed by atoms with Gasteiger partial charge in [-0.1, -0.05) is 37.6 Å². The molecule has 0 saturated carbocycles. The second-order valence-electron chi connectivity index (χ2n) is 6.64. The predicted molar refractivity (Wildman–Crippen MR) is 106 cm³/mol. The number of pyridine rings is 1. The highest BCUT2D eigenvalue weighted by atomic mass is 35.5. The number of carbonyl (C=O) groups is 2. The zero-order chi connectivity index (χ0) is 19.4. The quantitative estimate of drug-likeness (QED) is 0.674. The van der Waals surface area contributed by atoms with Crippen LogP contribution in [0.15, 0.2) is 48.7 Å². The van der Waals surface area contributed by atoms with Crippen molar-refractivity contribution in [3.05, 3.63) is 65.2 Å². The van der Waals surface area contributed by atoms with Crippen molar-refractivity contribution >= 4 is 34.6 Å². The highest BCUT2D eigenvalue weighted by Gasteiger charge is 2.21. The average Bonchev–Trinajstić information content (AvgIpc) is 3.01. The summed E-state index contributed by atoms with van der Waals surface area (Å²) in [5.41, 5.74) is 1.37. The molecule has 0 unspecified atom stereocenters. The molecule has 3 rings (SSSR count). The predicted octanol–water partition coefficient (Wildman–Crippen LogP) is 4.02. The Morgan fingerprint density at radius 2 is 1.96 bits per heavy atom. The van der Waals surface area contributed by atoms with Crippen LogP contribution in [0.3, 0.4) is 0 Å². The summed E-state index contributed by atoms with van der Waals surface area (Å²) in [4.78, 5) is 29.6. The number of benzene rings is 1. The number of rotatable bonds is 6. The lowest BCUT2D eigenvalue weighted by Crippen LogP contribution is -2.26. The topological polar surface area (TPSA) is 75.5 Å². The van der Waals surface area contributed by atoms with E-state index in [0.717, 1.165) is 6.42 Å². The first kappa shape index (κ1) is 18.9. The molecule has 0 fully saturated rings. The summed E-state index contributed by atoms with van der Waals surface area (Å²) in [5.74, 6) is -0.0801. The molecule has 0 radical (unpaired) electrons. The summed E-state index contributed by atoms with van der Waals surface area (Å²) in [6, 6.07) is 12.2. The molecule has 0 aliphatic heterocycles. The summed E-state index contributed by atoms with van der Waals surface area (Å²) in [6.45, 7) is 4.75. The number of nitrogens with one attached hydrogen (secondary N) is 2. The van der Waals surface area contributed by atoms with E-state index in [1.165, 1.54) is 0 Å². The number of halogens is 1. The van der Waals surface area contributed by atoms with Crippen molar-refractivity contribution in [3.8, 4) is 0 Å². The molecule has 140 valence electrons. The summed E-state index contributed by atoms with van der Waals surface area (Å²) in [7, 11) is 0. The van der Waals surface area contributed by atoms with Gasteiger partial charge in [0.25, 0.3) is 11.8 Å². The number of anilines is 1. The number of hydrogen-bond donors (Lipinski definition) is 2. The van der Waals surface area contributed by atoms with E-state index in [0.29, 0.717) is 28.7 Å². The van der Waals surface area contributed by atoms with Gasteiger partial charge in [0.05, 0.1) is 5.52 Å². The molecular weight excluding hydrogens is 364 g/mol. The van der Waals surface area contributed by atoms with Crippen LogP contribution < -0.4 is 10.6 Å². The smallest absolute Gasteiger partial charge is 0.292 e. The molecule has 2 heterocycles. The van der Waals surface area contributed by atoms with Crippen molar-refractivity contribution < 1.29 is 9.59 Å². The van der Waals surface area contributed by atoms with Gasteiger partial charge in [-0.15, -0.1) is 0 Å². The molecule has 27 heavy (non-hydrogen) atoms. The van der Waals surface area contributed by atoms with Gasteiger partial charge in [0.2, 0.25) is 5.82 Å². The highest BCUT2D eigenvalue weighted by molar-refractivity contribution is 6.31. The van der Waals surface area contributed by atoms with Crippen LogP contribution in [0.25, 0.3) is 5.52 Å². The van der Waals surface area contributed by atoms with Crippen LogP contribution in [0.2, 0.25) is 5.02 Å². The molecule has 0 bridgehead atoms. The highest BCUT2D eigenvalue weighted by Crippen LogP contribution is 2.18. The summed E-state index contributed by atoms with van der Waals surface area (Å²) in [6.07, 6.45) is 2.58. The maximum absolute atomic E-state index is 12.7. The molecule has 0 saturated heterocycles. The van der Waals surface area contributed by atoms with Crippen LogP contribution in [0.4, 0.5) is 5.69 Å². The molecule has 0 aliphatic carbocycles. The number of amides is 2. The van der Waals surface area contributed by atoms with E-state index in [1.807, 2.05) is 0 Å². The van der Waals surface area contributed by atoms with Crippen molar-refractivity contribution in [2.75, 3.05) is 11.9 Å². The van der Waals surface area contributed by atoms with Crippen molar-refractivity contribution in [3.63, 3.8) is 0 Å². The molecule has 0 spiro atoms. The van der Waals surface area contributed by atoms with Gasteiger partial charge in [-0.2, -0.15) is 0 Å². The fraction of sp³-hybridized carbons (Fsp3) is 0.250. The summed E-state index contributed by atoms with van der Waals surface area (Å²) >= 11 is 5.96. The Morgan fingerprint density at radius 1 is 1.15 bits per heavy atom. The first-order chi connectivity index (χ1) is 13.0. The standard InChI is InChI=1S/C20H21ClN4O2/c1-13(2)9-10-22-19(26)17-16-8-3-4-11-25(16)18(24-17)20(27)23-15-7-5-6-14(21)12-15/h3-8,11-13H,9-10H2,1-2H3,(H,22,26)(H,23,27). The summed E-state index contributed by atoms with van der Waals surface area (Å²) < 4.78 is 1.61. The van der Waals surface area contributed by atoms with Gasteiger partial charge in [0.15, 0.2) is 5.69 Å². The lowest BCUT2D eigenvalue weighted by molar-refractivity contribution is 0.0949. The molecule has 2 aromatic heterocycles. The third kappa shape index (κ3) is 4.46. The van der Waals surface area contributed by atoms with E-state index in [1.54, 1.807) is 53.1 Å². The SMILES string of the molecule is CC(C)CCNC(=O)c1nc(C(=O)Nc2cccc(Cl)c2)n2ccccc12. The lowest BCUT2D eigenvalue weighted by Gasteiger charge is -2.05. The van der Waals surface area contributed by atoms with Crippen LogP contribution in [-0.4, -0.2) is 27.7 Å². The van der Waals surface area contributed by atoms with E-state index < -0.39 is 5.91 Å². The van der Waals surface area contributed by atoms with Crippen LogP contribution in [0.5, 0.6) is 0 Å². The van der Waals surface area contributed by atoms with Gasteiger partial charge >= 0.3 is 0 Å². The van der Waals surface area contributed by atoms with Crippen LogP contribution in [-0.2, 0) is 0 Å². The fourth-order valence-corrected chi connectivity index (χ4v) is 2.87. The van der Waals surface area contributed by atoms with Crippen molar-refractivity contribution in [2.24, 2.45) is 5.92 Å². The number of aromatic nitrogens is 2. The van der Waals surface area contributed by atoms with Crippen LogP contribution >= 0.6 is 11.6 Å². The van der Waals surface area contributed by atoms with Crippen molar-refractivity contribution in [1.82, 2.24) is 14.7 Å². The first-order valence-electron chi connectivity index (χ1n) is 8.78. The molecule has 0 atom stereocenters. The monoisotopic (exact) mass is 384 g/mol. The lowest BCUT2D eigenvalue weighted by atomic mass is 10.1. The van der Waals surface area contributed by atoms with E-state index in [9.17, 15) is 9.59 Å². The Bertz CT molecular complexity index is 981. The second kappa shape index (κ2) is 8.22. The average molecular weight is 385 g/mol. The van der Waals surface area contributed by atoms with E-state index in [2.05, 4.69) is 29.5 Å². The Labute approximate surface area is 162 Å². The molecule has 0 aliphatic rings. The maximum atomic E-state index is 12.7. The molecule has 1 aromatic carbocycles. The number of nitrogens with zero attached hydrogens (tertiary/aromatic N) is 2. The van der Waals surface area contributed by atoms with Gasteiger partial charge in [-0.3, -0.25) is 14.0 Å². The van der Waals surface area contributed by atoms with Gasteiger partial charge < -0.3 is 10.6 Å². The zero-order valence-electron chi connectivity index (χ0n) is 15.2. The largest absolute Gasteiger partial charge is 0.351 e. The minimum absolute atomic E-state index is 0.139. The van der Waals surface area contributed by atoms with Gasteiger partial charge in [-0.05, 0) is 42.7 Å². The number of hydrogen-bond acceptors (Lipinski definition) is 3. The normalized spacial score (nSPS) is 11.0. The van der Waals surface area contributed by atoms with Gasteiger partial charge in [-0.25, -0.2) is 4.98 Å². The molecule has 2 N–H and O–H groups in total. The Hall–Kier alpha value is -2.86. The van der Waals surface area contributed by atoms with E-state index >= 15 is 0 Å². The second-order valence-corrected chi connectivity index (χ2v) is 7.08. The van der Waals surface area contributed by atoms with Crippen LogP contribution in [0, 0.1) is 5.92 Å². The zero-order valence-corrected chi connectivity index (χ0v) is 16.0. The van der Waals surface area contributed by atoms with Gasteiger partial charge in [0.1, 0.15) is 0 Å². The molecular formula is C20H21ClN4O2. The third-order valence-electron chi connectivity index (χ3n) is 4.06. The first-order valence-corrected chi connectivity index (χ1v) is 9.15. The molecule has 2 amide bonds. The Kier molecular flexibility index (Phi) is 5.76. The number of carbonyl (C=O) groups excluding carboxylic acids is 2.